The Balaban J connectivity index is 1.56. The fraction of sp³-hybridized carbons (Fsp3) is 0.400. The molecule has 166 valence electrons. The molecule has 0 radical (unpaired) electrons. The number of Topliss-reactive ketones (excluding diaryl/α,β-unsaturated/α-hetero) is 1. The van der Waals surface area contributed by atoms with Crippen molar-refractivity contribution in [3.63, 3.8) is 0 Å². The second kappa shape index (κ2) is 8.42. The number of piperidine rings is 1. The number of likely N-dealkylation sites (tertiary alicyclic amines) is 1. The summed E-state index contributed by atoms with van der Waals surface area (Å²) in [7, 11) is 0. The molecule has 1 aliphatic carbocycles. The van der Waals surface area contributed by atoms with E-state index in [0.717, 1.165) is 12.1 Å². The van der Waals surface area contributed by atoms with Crippen molar-refractivity contribution in [2.45, 2.75) is 37.8 Å². The lowest BCUT2D eigenvalue weighted by molar-refractivity contribution is -0.138. The number of ketones is 1. The van der Waals surface area contributed by atoms with Gasteiger partial charge in [0.2, 0.25) is 5.91 Å². The van der Waals surface area contributed by atoms with Crippen LogP contribution in [0.25, 0.3) is 0 Å². The molecule has 1 saturated carbocycles. The van der Waals surface area contributed by atoms with Crippen LogP contribution < -0.4 is 0 Å². The number of carbonyl (C=O) groups excluding carboxylic acids is 2. The van der Waals surface area contributed by atoms with Crippen molar-refractivity contribution in [3.8, 4) is 6.07 Å². The van der Waals surface area contributed by atoms with E-state index in [9.17, 15) is 28.0 Å². The Labute approximate surface area is 184 Å². The van der Waals surface area contributed by atoms with Crippen LogP contribution in [-0.4, -0.2) is 29.7 Å². The zero-order valence-corrected chi connectivity index (χ0v) is 17.4. The average molecular weight is 440 g/mol. The summed E-state index contributed by atoms with van der Waals surface area (Å²) in [4.78, 5) is 27.5. The predicted octanol–water partition coefficient (Wildman–Crippen LogP) is 5.21. The highest BCUT2D eigenvalue weighted by atomic mass is 19.4. The summed E-state index contributed by atoms with van der Waals surface area (Å²) in [5, 5.41) is 9.45. The van der Waals surface area contributed by atoms with Gasteiger partial charge in [0.1, 0.15) is 5.41 Å². The van der Waals surface area contributed by atoms with Crippen molar-refractivity contribution in [1.29, 1.82) is 5.26 Å². The first kappa shape index (κ1) is 22.1. The number of nitrogens with zero attached hydrogens (tertiary/aromatic N) is 2. The summed E-state index contributed by atoms with van der Waals surface area (Å²) in [6, 6.07) is 16.0. The third kappa shape index (κ3) is 4.55. The van der Waals surface area contributed by atoms with Crippen LogP contribution in [0.3, 0.4) is 0 Å². The van der Waals surface area contributed by atoms with E-state index in [1.54, 1.807) is 29.2 Å². The first-order valence-corrected chi connectivity index (χ1v) is 10.7. The molecule has 0 bridgehead atoms. The summed E-state index contributed by atoms with van der Waals surface area (Å²) in [6.45, 7) is 0.710. The Hall–Kier alpha value is -3.14. The smallest absolute Gasteiger partial charge is 0.340 e. The molecule has 0 aromatic heterocycles. The molecule has 1 amide bonds. The van der Waals surface area contributed by atoms with Crippen LogP contribution in [-0.2, 0) is 11.0 Å². The third-order valence-corrected chi connectivity index (χ3v) is 6.48. The van der Waals surface area contributed by atoms with E-state index in [-0.39, 0.29) is 29.9 Å². The Morgan fingerprint density at radius 2 is 1.69 bits per heavy atom. The van der Waals surface area contributed by atoms with Gasteiger partial charge in [-0.1, -0.05) is 42.5 Å². The highest BCUT2D eigenvalue weighted by Crippen LogP contribution is 2.48. The maximum Gasteiger partial charge on any atom is 0.416 e. The molecule has 0 spiro atoms. The van der Waals surface area contributed by atoms with E-state index >= 15 is 0 Å². The number of nitriles is 1. The highest BCUT2D eigenvalue weighted by molar-refractivity contribution is 5.96. The fourth-order valence-electron chi connectivity index (χ4n) is 4.51. The first-order chi connectivity index (χ1) is 15.2. The largest absolute Gasteiger partial charge is 0.416 e. The third-order valence-electron chi connectivity index (χ3n) is 6.48. The van der Waals surface area contributed by atoms with Gasteiger partial charge in [0.05, 0.1) is 11.6 Å². The molecule has 1 heterocycles. The van der Waals surface area contributed by atoms with Gasteiger partial charge in [0, 0.05) is 31.0 Å². The van der Waals surface area contributed by atoms with E-state index in [0.29, 0.717) is 43.5 Å². The minimum absolute atomic E-state index is 0.0301. The molecule has 1 saturated heterocycles. The summed E-state index contributed by atoms with van der Waals surface area (Å²) >= 11 is 0. The molecule has 2 atom stereocenters. The van der Waals surface area contributed by atoms with Gasteiger partial charge in [-0.2, -0.15) is 18.4 Å². The Morgan fingerprint density at radius 1 is 1.03 bits per heavy atom. The number of alkyl halides is 3. The van der Waals surface area contributed by atoms with Crippen LogP contribution in [0.2, 0.25) is 0 Å². The predicted molar refractivity (Wildman–Crippen MR) is 112 cm³/mol. The number of hydrogen-bond acceptors (Lipinski definition) is 3. The quantitative estimate of drug-likeness (QED) is 0.600. The minimum Gasteiger partial charge on any atom is -0.340 e. The maximum absolute atomic E-state index is 13.0. The minimum atomic E-state index is -4.41. The lowest BCUT2D eigenvalue weighted by atomic mass is 9.81. The number of amides is 1. The molecule has 32 heavy (non-hydrogen) atoms. The molecule has 2 aliphatic rings. The van der Waals surface area contributed by atoms with Crippen LogP contribution >= 0.6 is 0 Å². The zero-order valence-electron chi connectivity index (χ0n) is 17.4. The molecule has 1 aliphatic heterocycles. The second-order valence-corrected chi connectivity index (χ2v) is 8.82. The number of carbonyl (C=O) groups is 2. The van der Waals surface area contributed by atoms with Gasteiger partial charge >= 0.3 is 6.18 Å². The topological polar surface area (TPSA) is 61.2 Å². The lowest BCUT2D eigenvalue weighted by Crippen LogP contribution is -2.46. The molecule has 2 fully saturated rings. The van der Waals surface area contributed by atoms with E-state index < -0.39 is 17.2 Å². The summed E-state index contributed by atoms with van der Waals surface area (Å²) < 4.78 is 38.9. The zero-order chi connectivity index (χ0) is 22.9. The molecule has 7 heteroatoms. The molecule has 0 N–H and O–H groups in total. The van der Waals surface area contributed by atoms with Crippen molar-refractivity contribution in [1.82, 2.24) is 4.90 Å². The van der Waals surface area contributed by atoms with Crippen molar-refractivity contribution >= 4 is 11.7 Å². The lowest BCUT2D eigenvalue weighted by Gasteiger charge is -2.39. The fourth-order valence-corrected chi connectivity index (χ4v) is 4.51. The van der Waals surface area contributed by atoms with Gasteiger partial charge in [-0.3, -0.25) is 9.59 Å². The highest BCUT2D eigenvalue weighted by Gasteiger charge is 2.53. The van der Waals surface area contributed by atoms with Crippen LogP contribution in [0.4, 0.5) is 13.2 Å². The van der Waals surface area contributed by atoms with Crippen molar-refractivity contribution in [2.75, 3.05) is 13.1 Å². The Morgan fingerprint density at radius 3 is 2.25 bits per heavy atom. The SMILES string of the molecule is N#CC1(C(=O)N2CC(CC(=O)c3ccccc3)CC(c3ccc(C(F)(F)F)cc3)C2)CC1. The molecule has 2 unspecified atom stereocenters. The van der Waals surface area contributed by atoms with E-state index in [1.165, 1.54) is 12.1 Å². The standard InChI is InChI=1S/C25H23F3N2O2/c26-25(27,28)21-8-6-18(7-9-21)20-12-17(13-22(31)19-4-2-1-3-5-19)14-30(15-20)23(32)24(16-29)10-11-24/h1-9,17,20H,10-15H2. The number of halogens is 3. The summed E-state index contributed by atoms with van der Waals surface area (Å²) in [5.41, 5.74) is -0.398. The van der Waals surface area contributed by atoms with Gasteiger partial charge in [0.15, 0.2) is 5.78 Å². The summed E-state index contributed by atoms with van der Waals surface area (Å²) in [5.74, 6) is -0.591. The normalized spacial score (nSPS) is 22.1. The van der Waals surface area contributed by atoms with Gasteiger partial charge in [-0.15, -0.1) is 0 Å². The van der Waals surface area contributed by atoms with Crippen molar-refractivity contribution in [3.05, 3.63) is 71.3 Å². The van der Waals surface area contributed by atoms with Gasteiger partial charge in [-0.05, 0) is 42.9 Å². The van der Waals surface area contributed by atoms with Crippen LogP contribution in [0.1, 0.15) is 53.1 Å². The molecular weight excluding hydrogens is 417 g/mol. The Bertz CT molecular complexity index is 1040. The van der Waals surface area contributed by atoms with Crippen LogP contribution in [0.15, 0.2) is 54.6 Å². The number of hydrogen-bond donors (Lipinski definition) is 0. The maximum atomic E-state index is 13.0. The molecule has 4 rings (SSSR count). The first-order valence-electron chi connectivity index (χ1n) is 10.7. The monoisotopic (exact) mass is 440 g/mol. The Kier molecular flexibility index (Phi) is 5.81. The number of benzene rings is 2. The average Bonchev–Trinajstić information content (AvgIpc) is 3.60. The number of rotatable bonds is 5. The molecule has 2 aromatic rings. The van der Waals surface area contributed by atoms with Gasteiger partial charge in [0.25, 0.3) is 0 Å². The molecule has 2 aromatic carbocycles. The van der Waals surface area contributed by atoms with Gasteiger partial charge in [-0.25, -0.2) is 0 Å². The van der Waals surface area contributed by atoms with E-state index in [2.05, 4.69) is 6.07 Å². The van der Waals surface area contributed by atoms with Crippen LogP contribution in [0.5, 0.6) is 0 Å². The molecular formula is C25H23F3N2O2. The van der Waals surface area contributed by atoms with Gasteiger partial charge < -0.3 is 4.90 Å². The second-order valence-electron chi connectivity index (χ2n) is 8.82. The molecule has 4 nitrogen and oxygen atoms in total. The van der Waals surface area contributed by atoms with Crippen molar-refractivity contribution < 1.29 is 22.8 Å². The van der Waals surface area contributed by atoms with Crippen molar-refractivity contribution in [2.24, 2.45) is 11.3 Å². The summed E-state index contributed by atoms with van der Waals surface area (Å²) in [6.07, 6.45) is -2.53. The van der Waals surface area contributed by atoms with E-state index in [1.807, 2.05) is 6.07 Å². The van der Waals surface area contributed by atoms with Crippen LogP contribution in [0, 0.1) is 22.7 Å². The van der Waals surface area contributed by atoms with E-state index in [4.69, 9.17) is 0 Å².